The van der Waals surface area contributed by atoms with Gasteiger partial charge in [0.15, 0.2) is 6.23 Å². The van der Waals surface area contributed by atoms with Crippen LogP contribution in [0.5, 0.6) is 5.88 Å². The van der Waals surface area contributed by atoms with Crippen molar-refractivity contribution in [1.82, 2.24) is 9.47 Å². The highest BCUT2D eigenvalue weighted by atomic mass is 16.3. The van der Waals surface area contributed by atoms with Crippen molar-refractivity contribution in [2.75, 3.05) is 6.54 Å². The van der Waals surface area contributed by atoms with Gasteiger partial charge in [-0.25, -0.2) is 0 Å². The van der Waals surface area contributed by atoms with E-state index < -0.39 is 23.6 Å². The smallest absolute Gasteiger partial charge is 0.267 e. The molecule has 0 saturated carbocycles. The van der Waals surface area contributed by atoms with Crippen molar-refractivity contribution >= 4 is 12.0 Å². The Morgan fingerprint density at radius 2 is 1.90 bits per heavy atom. The van der Waals surface area contributed by atoms with Crippen LogP contribution in [0.4, 0.5) is 0 Å². The minimum atomic E-state index is -1.22. The van der Waals surface area contributed by atoms with Gasteiger partial charge in [0.1, 0.15) is 23.3 Å². The van der Waals surface area contributed by atoms with Crippen molar-refractivity contribution in [3.63, 3.8) is 0 Å². The largest absolute Gasteiger partial charge is 0.860 e. The van der Waals surface area contributed by atoms with Crippen molar-refractivity contribution in [2.45, 2.75) is 33.4 Å². The molecule has 2 rings (SSSR count). The lowest BCUT2D eigenvalue weighted by molar-refractivity contribution is -0.279. The first-order valence-corrected chi connectivity index (χ1v) is 9.00. The molecule has 8 heteroatoms. The number of hydrogen-bond acceptors (Lipinski definition) is 6. The summed E-state index contributed by atoms with van der Waals surface area (Å²) in [6.07, 6.45) is 3.84. The Morgan fingerprint density at radius 1 is 1.24 bits per heavy atom. The number of nitriles is 2. The fourth-order valence-corrected chi connectivity index (χ4v) is 3.20. The highest BCUT2D eigenvalue weighted by molar-refractivity contribution is 6.00. The molecular formula is C21H21N4O4-. The summed E-state index contributed by atoms with van der Waals surface area (Å²) in [5.41, 5.74) is 0.360. The van der Waals surface area contributed by atoms with Gasteiger partial charge in [-0.1, -0.05) is 25.2 Å². The molecule has 0 fully saturated rings. The van der Waals surface area contributed by atoms with E-state index in [9.17, 15) is 30.3 Å². The van der Waals surface area contributed by atoms with Crippen LogP contribution in [0.2, 0.25) is 0 Å². The van der Waals surface area contributed by atoms with Crippen molar-refractivity contribution in [1.29, 1.82) is 10.5 Å². The topological polar surface area (TPSA) is 133 Å². The number of carbonyl (C=O) groups excluding carboxylic acids is 1. The molecule has 1 aromatic rings. The SMILES string of the molecule is CCCN1C(=O)C(C#N)=C(C)/C(=C/C=Cc2c(C)c(C#N)c(=O)n(C)c2[O-])C1O. The molecule has 1 atom stereocenters. The lowest BCUT2D eigenvalue weighted by Crippen LogP contribution is -2.46. The molecule has 1 amide bonds. The van der Waals surface area contributed by atoms with Crippen LogP contribution >= 0.6 is 0 Å². The first kappa shape index (κ1) is 21.7. The molecule has 2 heterocycles. The van der Waals surface area contributed by atoms with E-state index in [1.807, 2.05) is 19.1 Å². The molecule has 1 aliphatic rings. The van der Waals surface area contributed by atoms with E-state index in [0.717, 1.165) is 4.57 Å². The van der Waals surface area contributed by atoms with Gasteiger partial charge in [-0.2, -0.15) is 10.5 Å². The van der Waals surface area contributed by atoms with E-state index >= 15 is 0 Å². The second-order valence-corrected chi connectivity index (χ2v) is 6.66. The monoisotopic (exact) mass is 393 g/mol. The maximum atomic E-state index is 12.4. The summed E-state index contributed by atoms with van der Waals surface area (Å²) in [4.78, 5) is 25.6. The molecule has 1 aliphatic heterocycles. The highest BCUT2D eigenvalue weighted by Gasteiger charge is 2.34. The molecule has 0 spiro atoms. The first-order chi connectivity index (χ1) is 13.7. The number of aliphatic hydroxyl groups excluding tert-OH is 1. The maximum Gasteiger partial charge on any atom is 0.267 e. The van der Waals surface area contributed by atoms with Crippen LogP contribution in [0.3, 0.4) is 0 Å². The summed E-state index contributed by atoms with van der Waals surface area (Å²) in [5.74, 6) is -1.06. The Kier molecular flexibility index (Phi) is 6.42. The second kappa shape index (κ2) is 8.59. The summed E-state index contributed by atoms with van der Waals surface area (Å²) in [6.45, 7) is 5.23. The van der Waals surface area contributed by atoms with Gasteiger partial charge < -0.3 is 19.7 Å². The third-order valence-corrected chi connectivity index (χ3v) is 4.92. The van der Waals surface area contributed by atoms with Crippen molar-refractivity contribution in [2.24, 2.45) is 7.05 Å². The van der Waals surface area contributed by atoms with Gasteiger partial charge in [-0.15, -0.1) is 0 Å². The van der Waals surface area contributed by atoms with Gasteiger partial charge in [0.2, 0.25) is 0 Å². The summed E-state index contributed by atoms with van der Waals surface area (Å²) >= 11 is 0. The molecule has 0 aliphatic carbocycles. The van der Waals surface area contributed by atoms with E-state index in [-0.39, 0.29) is 28.8 Å². The molecule has 0 saturated heterocycles. The van der Waals surface area contributed by atoms with Crippen LogP contribution in [0.25, 0.3) is 6.08 Å². The Hall–Kier alpha value is -3.62. The van der Waals surface area contributed by atoms with E-state index in [4.69, 9.17) is 0 Å². The van der Waals surface area contributed by atoms with Gasteiger partial charge in [-0.3, -0.25) is 9.59 Å². The molecule has 1 aromatic heterocycles. The average molecular weight is 393 g/mol. The average Bonchev–Trinajstić information content (AvgIpc) is 2.69. The van der Waals surface area contributed by atoms with Crippen molar-refractivity contribution < 1.29 is 15.0 Å². The number of pyridine rings is 1. The zero-order valence-corrected chi connectivity index (χ0v) is 16.7. The standard InChI is InChI=1S/C21H22N4O4/c1-5-9-25-20(28)15(13(3)17(11-23)21(25)29)8-6-7-14-12(2)16(10-22)19(27)24(4)18(14)26/h6-8,20,26,28H,5,9H2,1-4H3/p-1/b7-6?,15-8-. The molecule has 150 valence electrons. The fraction of sp³-hybridized carbons (Fsp3) is 0.333. The highest BCUT2D eigenvalue weighted by Crippen LogP contribution is 2.28. The third-order valence-electron chi connectivity index (χ3n) is 4.92. The first-order valence-electron chi connectivity index (χ1n) is 9.00. The van der Waals surface area contributed by atoms with E-state index in [1.165, 1.54) is 37.1 Å². The number of carbonyl (C=O) groups is 1. The maximum absolute atomic E-state index is 12.4. The van der Waals surface area contributed by atoms with Crippen molar-refractivity contribution in [3.8, 4) is 18.0 Å². The second-order valence-electron chi connectivity index (χ2n) is 6.66. The number of rotatable bonds is 4. The van der Waals surface area contributed by atoms with Gasteiger partial charge in [0.25, 0.3) is 11.5 Å². The number of aromatic nitrogens is 1. The Morgan fingerprint density at radius 3 is 2.45 bits per heavy atom. The Bertz CT molecular complexity index is 1090. The summed E-state index contributed by atoms with van der Waals surface area (Å²) in [5, 5.41) is 41.5. The Balaban J connectivity index is 2.57. The lowest BCUT2D eigenvalue weighted by Gasteiger charge is -2.34. The van der Waals surface area contributed by atoms with E-state index in [0.29, 0.717) is 17.6 Å². The molecule has 0 radical (unpaired) electrons. The van der Waals surface area contributed by atoms with Crippen molar-refractivity contribution in [3.05, 3.63) is 55.9 Å². The number of hydrogen-bond donors (Lipinski definition) is 1. The van der Waals surface area contributed by atoms with Gasteiger partial charge in [0, 0.05) is 19.2 Å². The summed E-state index contributed by atoms with van der Waals surface area (Å²) < 4.78 is 0.869. The van der Waals surface area contributed by atoms with Gasteiger partial charge in [-0.05, 0) is 42.8 Å². The molecule has 1 unspecified atom stereocenters. The minimum Gasteiger partial charge on any atom is -0.860 e. The van der Waals surface area contributed by atoms with Crippen LogP contribution in [0.1, 0.15) is 37.0 Å². The zero-order valence-electron chi connectivity index (χ0n) is 16.7. The predicted molar refractivity (Wildman–Crippen MR) is 104 cm³/mol. The summed E-state index contributed by atoms with van der Waals surface area (Å²) in [7, 11) is 1.30. The number of allylic oxidation sites excluding steroid dienone is 2. The van der Waals surface area contributed by atoms with Crippen LogP contribution in [0.15, 0.2) is 33.7 Å². The van der Waals surface area contributed by atoms with Gasteiger partial charge in [0.05, 0.1) is 0 Å². The normalized spacial score (nSPS) is 18.4. The Labute approximate surface area is 168 Å². The lowest BCUT2D eigenvalue weighted by atomic mass is 9.94. The number of amides is 1. The number of nitrogens with zero attached hydrogens (tertiary/aromatic N) is 4. The molecular weight excluding hydrogens is 372 g/mol. The van der Waals surface area contributed by atoms with Crippen LogP contribution in [-0.2, 0) is 11.8 Å². The molecule has 0 bridgehead atoms. The molecule has 0 aromatic carbocycles. The van der Waals surface area contributed by atoms with E-state index in [1.54, 1.807) is 6.92 Å². The van der Waals surface area contributed by atoms with Crippen LogP contribution < -0.4 is 10.7 Å². The molecule has 29 heavy (non-hydrogen) atoms. The van der Waals surface area contributed by atoms with E-state index in [2.05, 4.69) is 0 Å². The van der Waals surface area contributed by atoms with Gasteiger partial charge >= 0.3 is 0 Å². The quantitative estimate of drug-likeness (QED) is 0.811. The number of aliphatic hydroxyl groups is 1. The summed E-state index contributed by atoms with van der Waals surface area (Å²) in [6, 6.07) is 3.70. The fourth-order valence-electron chi connectivity index (χ4n) is 3.20. The zero-order chi connectivity index (χ0) is 21.9. The molecule has 8 nitrogen and oxygen atoms in total. The predicted octanol–water partition coefficient (Wildman–Crippen LogP) is 0.989. The third kappa shape index (κ3) is 3.71. The minimum absolute atomic E-state index is 0.0435. The molecule has 1 N–H and O–H groups in total. The van der Waals surface area contributed by atoms with Crippen LogP contribution in [-0.4, -0.2) is 33.3 Å². The van der Waals surface area contributed by atoms with Crippen LogP contribution in [0, 0.1) is 29.6 Å².